The van der Waals surface area contributed by atoms with Gasteiger partial charge in [0.05, 0.1) is 20.6 Å². The predicted molar refractivity (Wildman–Crippen MR) is 161 cm³/mol. The maximum absolute atomic E-state index is 14.1. The van der Waals surface area contributed by atoms with E-state index in [1.807, 2.05) is 40.7 Å². The number of amides is 2. The van der Waals surface area contributed by atoms with Crippen molar-refractivity contribution in [2.24, 2.45) is 0 Å². The van der Waals surface area contributed by atoms with E-state index in [0.29, 0.717) is 27.7 Å². The Labute approximate surface area is 247 Å². The smallest absolute Gasteiger partial charge is 0.264 e. The van der Waals surface area contributed by atoms with Gasteiger partial charge < -0.3 is 10.2 Å². The molecule has 10 heteroatoms. The van der Waals surface area contributed by atoms with E-state index < -0.39 is 28.5 Å². The first-order valence-electron chi connectivity index (χ1n) is 13.0. The van der Waals surface area contributed by atoms with E-state index in [-0.39, 0.29) is 23.4 Å². The maximum Gasteiger partial charge on any atom is 0.264 e. The van der Waals surface area contributed by atoms with Crippen LogP contribution in [-0.4, -0.2) is 43.8 Å². The summed E-state index contributed by atoms with van der Waals surface area (Å²) in [5.74, 6) is -0.856. The van der Waals surface area contributed by atoms with Gasteiger partial charge in [-0.1, -0.05) is 60.5 Å². The molecule has 1 atom stereocenters. The van der Waals surface area contributed by atoms with Gasteiger partial charge in [0.2, 0.25) is 11.8 Å². The number of hydrogen-bond acceptors (Lipinski definition) is 4. The lowest BCUT2D eigenvalue weighted by Crippen LogP contribution is -2.53. The van der Waals surface area contributed by atoms with Crippen molar-refractivity contribution in [2.45, 2.75) is 64.6 Å². The molecule has 0 saturated carbocycles. The molecule has 2 amide bonds. The standard InChI is InChI=1S/C30H35Cl2N3O4S/c1-6-28(30(37)33-20(2)3)34(18-23-12-13-26(31)27(32)17-23)29(36)19-35(24-15-21(4)14-22(5)16-24)40(38,39)25-10-8-7-9-11-25/h7-17,20,28H,6,18-19H2,1-5H3,(H,33,37)/t28-/m1/s1. The molecule has 7 nitrogen and oxygen atoms in total. The Morgan fingerprint density at radius 2 is 1.52 bits per heavy atom. The van der Waals surface area contributed by atoms with Crippen LogP contribution in [0, 0.1) is 13.8 Å². The number of rotatable bonds is 11. The quantitative estimate of drug-likeness (QED) is 0.285. The van der Waals surface area contributed by atoms with Gasteiger partial charge in [-0.25, -0.2) is 8.42 Å². The molecule has 1 N–H and O–H groups in total. The number of aryl methyl sites for hydroxylation is 2. The largest absolute Gasteiger partial charge is 0.352 e. The van der Waals surface area contributed by atoms with Gasteiger partial charge in [-0.2, -0.15) is 0 Å². The van der Waals surface area contributed by atoms with Crippen molar-refractivity contribution in [3.63, 3.8) is 0 Å². The molecule has 0 aliphatic rings. The van der Waals surface area contributed by atoms with Gasteiger partial charge in [0.15, 0.2) is 0 Å². The van der Waals surface area contributed by atoms with E-state index in [0.717, 1.165) is 15.4 Å². The van der Waals surface area contributed by atoms with Gasteiger partial charge >= 0.3 is 0 Å². The Morgan fingerprint density at radius 1 is 0.900 bits per heavy atom. The first-order chi connectivity index (χ1) is 18.8. The van der Waals surface area contributed by atoms with Gasteiger partial charge in [-0.15, -0.1) is 0 Å². The SMILES string of the molecule is CC[C@H](C(=O)NC(C)C)N(Cc1ccc(Cl)c(Cl)c1)C(=O)CN(c1cc(C)cc(C)c1)S(=O)(=O)c1ccccc1. The monoisotopic (exact) mass is 603 g/mol. The normalized spacial score (nSPS) is 12.2. The highest BCUT2D eigenvalue weighted by atomic mass is 35.5. The van der Waals surface area contributed by atoms with E-state index in [4.69, 9.17) is 23.2 Å². The van der Waals surface area contributed by atoms with Gasteiger partial charge in [-0.3, -0.25) is 13.9 Å². The third-order valence-corrected chi connectivity index (χ3v) is 8.79. The molecule has 0 saturated heterocycles. The molecule has 3 rings (SSSR count). The average Bonchev–Trinajstić information content (AvgIpc) is 2.88. The Balaban J connectivity index is 2.10. The van der Waals surface area contributed by atoms with Gasteiger partial charge in [0, 0.05) is 12.6 Å². The van der Waals surface area contributed by atoms with Crippen LogP contribution in [0.5, 0.6) is 0 Å². The van der Waals surface area contributed by atoms with E-state index in [2.05, 4.69) is 5.32 Å². The van der Waals surface area contributed by atoms with Gasteiger partial charge in [0.1, 0.15) is 12.6 Å². The summed E-state index contributed by atoms with van der Waals surface area (Å²) in [5, 5.41) is 3.56. The molecule has 0 spiro atoms. The topological polar surface area (TPSA) is 86.8 Å². The zero-order valence-electron chi connectivity index (χ0n) is 23.3. The lowest BCUT2D eigenvalue weighted by Gasteiger charge is -2.33. The molecule has 214 valence electrons. The zero-order chi connectivity index (χ0) is 29.6. The molecular weight excluding hydrogens is 569 g/mol. The fourth-order valence-corrected chi connectivity index (χ4v) is 6.22. The Morgan fingerprint density at radius 3 is 2.08 bits per heavy atom. The molecule has 0 aliphatic carbocycles. The molecule has 0 unspecified atom stereocenters. The molecule has 3 aromatic rings. The lowest BCUT2D eigenvalue weighted by molar-refractivity contribution is -0.140. The van der Waals surface area contributed by atoms with Crippen molar-refractivity contribution in [3.8, 4) is 0 Å². The summed E-state index contributed by atoms with van der Waals surface area (Å²) in [7, 11) is -4.13. The van der Waals surface area contributed by atoms with Crippen LogP contribution in [0.15, 0.2) is 71.6 Å². The van der Waals surface area contributed by atoms with Crippen LogP contribution < -0.4 is 9.62 Å². The summed E-state index contributed by atoms with van der Waals surface area (Å²) in [5.41, 5.74) is 2.73. The fourth-order valence-electron chi connectivity index (χ4n) is 4.48. The zero-order valence-corrected chi connectivity index (χ0v) is 25.6. The number of halogens is 2. The van der Waals surface area contributed by atoms with E-state index in [1.54, 1.807) is 48.5 Å². The number of anilines is 1. The summed E-state index contributed by atoms with van der Waals surface area (Å²) < 4.78 is 28.9. The number of nitrogens with one attached hydrogen (secondary N) is 1. The lowest BCUT2D eigenvalue weighted by atomic mass is 10.1. The number of carbonyl (C=O) groups is 2. The molecular formula is C30H35Cl2N3O4S. The number of sulfonamides is 1. The third kappa shape index (κ3) is 7.77. The van der Waals surface area contributed by atoms with Crippen molar-refractivity contribution < 1.29 is 18.0 Å². The average molecular weight is 605 g/mol. The minimum atomic E-state index is -4.13. The second-order valence-corrected chi connectivity index (χ2v) is 12.7. The Bertz CT molecular complexity index is 1440. The van der Waals surface area contributed by atoms with Crippen molar-refractivity contribution >= 4 is 50.7 Å². The molecule has 0 bridgehead atoms. The molecule has 0 aromatic heterocycles. The van der Waals surface area contributed by atoms with Crippen LogP contribution in [0.25, 0.3) is 0 Å². The van der Waals surface area contributed by atoms with Gasteiger partial charge in [-0.05, 0) is 87.2 Å². The van der Waals surface area contributed by atoms with E-state index >= 15 is 0 Å². The first kappa shape index (κ1) is 31.5. The molecule has 3 aromatic carbocycles. The molecule has 0 heterocycles. The highest BCUT2D eigenvalue weighted by Gasteiger charge is 2.34. The minimum Gasteiger partial charge on any atom is -0.352 e. The summed E-state index contributed by atoms with van der Waals surface area (Å²) in [6.07, 6.45) is 0.320. The summed E-state index contributed by atoms with van der Waals surface area (Å²) >= 11 is 12.3. The second kappa shape index (κ2) is 13.5. The second-order valence-electron chi connectivity index (χ2n) is 10.0. The van der Waals surface area contributed by atoms with E-state index in [1.165, 1.54) is 17.0 Å². The van der Waals surface area contributed by atoms with Crippen LogP contribution in [0.4, 0.5) is 5.69 Å². The number of hydrogen-bond donors (Lipinski definition) is 1. The van der Waals surface area contributed by atoms with Crippen molar-refractivity contribution in [1.29, 1.82) is 0 Å². The van der Waals surface area contributed by atoms with Crippen LogP contribution in [0.3, 0.4) is 0 Å². The summed E-state index contributed by atoms with van der Waals surface area (Å²) in [4.78, 5) is 28.8. The number of nitrogens with zero attached hydrogens (tertiary/aromatic N) is 2. The number of benzene rings is 3. The molecule has 0 fully saturated rings. The molecule has 40 heavy (non-hydrogen) atoms. The van der Waals surface area contributed by atoms with Crippen LogP contribution in [0.1, 0.15) is 43.9 Å². The maximum atomic E-state index is 14.1. The van der Waals surface area contributed by atoms with Crippen LogP contribution in [0.2, 0.25) is 10.0 Å². The predicted octanol–water partition coefficient (Wildman–Crippen LogP) is 6.14. The van der Waals surface area contributed by atoms with Crippen molar-refractivity contribution in [2.75, 3.05) is 10.8 Å². The summed E-state index contributed by atoms with van der Waals surface area (Å²) in [6.45, 7) is 8.74. The molecule has 0 radical (unpaired) electrons. The van der Waals surface area contributed by atoms with E-state index in [9.17, 15) is 18.0 Å². The third-order valence-electron chi connectivity index (χ3n) is 6.26. The number of carbonyl (C=O) groups excluding carboxylic acids is 2. The Hall–Kier alpha value is -3.07. The fraction of sp³-hybridized carbons (Fsp3) is 0.333. The van der Waals surface area contributed by atoms with Crippen LogP contribution in [-0.2, 0) is 26.2 Å². The van der Waals surface area contributed by atoms with Gasteiger partial charge in [0.25, 0.3) is 10.0 Å². The Kier molecular flexibility index (Phi) is 10.6. The molecule has 0 aliphatic heterocycles. The van der Waals surface area contributed by atoms with Crippen LogP contribution >= 0.6 is 23.2 Å². The highest BCUT2D eigenvalue weighted by Crippen LogP contribution is 2.28. The first-order valence-corrected chi connectivity index (χ1v) is 15.2. The van der Waals surface area contributed by atoms with Crippen molar-refractivity contribution in [1.82, 2.24) is 10.2 Å². The van der Waals surface area contributed by atoms with Crippen molar-refractivity contribution in [3.05, 3.63) is 93.5 Å². The summed E-state index contributed by atoms with van der Waals surface area (Å²) in [6, 6.07) is 17.4. The minimum absolute atomic E-state index is 0.0335. The highest BCUT2D eigenvalue weighted by molar-refractivity contribution is 7.92.